The van der Waals surface area contributed by atoms with Crippen LogP contribution in [0, 0.1) is 0 Å². The standard InChI is InChI=1S/C17H20Cl2N4.HI/c1-20-17(23-12-15-6-2-3-9-21-15)22-10-4-5-13-7-8-14(18)11-16(13)19;/h2-3,6-9,11H,4-5,10,12H2,1H3,(H2,20,22,23);1H. The Balaban J connectivity index is 0.00000288. The molecule has 0 aliphatic rings. The first-order valence-electron chi connectivity index (χ1n) is 7.47. The molecule has 4 nitrogen and oxygen atoms in total. The number of benzene rings is 1. The van der Waals surface area contributed by atoms with E-state index in [4.69, 9.17) is 23.2 Å². The molecule has 0 radical (unpaired) electrons. The molecule has 0 spiro atoms. The summed E-state index contributed by atoms with van der Waals surface area (Å²) in [6.07, 6.45) is 3.62. The zero-order valence-electron chi connectivity index (χ0n) is 13.4. The van der Waals surface area contributed by atoms with Gasteiger partial charge in [-0.05, 0) is 42.7 Å². The highest BCUT2D eigenvalue weighted by molar-refractivity contribution is 14.0. The Labute approximate surface area is 170 Å². The Morgan fingerprint density at radius 3 is 2.67 bits per heavy atom. The lowest BCUT2D eigenvalue weighted by Crippen LogP contribution is -2.37. The number of aliphatic imine (C=N–C) groups is 1. The van der Waals surface area contributed by atoms with Crippen molar-refractivity contribution in [3.8, 4) is 0 Å². The number of pyridine rings is 1. The Bertz CT molecular complexity index is 650. The second kappa shape index (κ2) is 11.5. The van der Waals surface area contributed by atoms with Gasteiger partial charge in [-0.2, -0.15) is 0 Å². The lowest BCUT2D eigenvalue weighted by Gasteiger charge is -2.12. The van der Waals surface area contributed by atoms with E-state index in [0.29, 0.717) is 11.6 Å². The van der Waals surface area contributed by atoms with Gasteiger partial charge in [-0.25, -0.2) is 0 Å². The predicted molar refractivity (Wildman–Crippen MR) is 113 cm³/mol. The van der Waals surface area contributed by atoms with Crippen LogP contribution in [-0.2, 0) is 13.0 Å². The summed E-state index contributed by atoms with van der Waals surface area (Å²) in [6.45, 7) is 1.45. The van der Waals surface area contributed by atoms with E-state index in [-0.39, 0.29) is 24.0 Å². The maximum atomic E-state index is 6.17. The Morgan fingerprint density at radius 2 is 2.00 bits per heavy atom. The van der Waals surface area contributed by atoms with Crippen molar-refractivity contribution >= 4 is 53.1 Å². The zero-order chi connectivity index (χ0) is 16.5. The second-order valence-electron chi connectivity index (χ2n) is 5.01. The normalized spacial score (nSPS) is 10.9. The van der Waals surface area contributed by atoms with E-state index in [9.17, 15) is 0 Å². The number of rotatable bonds is 6. The van der Waals surface area contributed by atoms with Gasteiger partial charge in [0.1, 0.15) is 0 Å². The van der Waals surface area contributed by atoms with E-state index in [0.717, 1.165) is 41.6 Å². The summed E-state index contributed by atoms with van der Waals surface area (Å²) in [6, 6.07) is 11.5. The number of hydrogen-bond donors (Lipinski definition) is 2. The number of halogens is 3. The number of hydrogen-bond acceptors (Lipinski definition) is 2. The Morgan fingerprint density at radius 1 is 1.17 bits per heavy atom. The van der Waals surface area contributed by atoms with Gasteiger partial charge >= 0.3 is 0 Å². The quantitative estimate of drug-likeness (QED) is 0.281. The Hall–Kier alpha value is -1.05. The predicted octanol–water partition coefficient (Wildman–Crippen LogP) is 4.30. The average Bonchev–Trinajstić information content (AvgIpc) is 2.57. The van der Waals surface area contributed by atoms with E-state index in [1.54, 1.807) is 19.3 Å². The fourth-order valence-electron chi connectivity index (χ4n) is 2.11. The molecule has 0 atom stereocenters. The molecule has 1 aromatic carbocycles. The number of guanidine groups is 1. The van der Waals surface area contributed by atoms with E-state index in [1.165, 1.54) is 0 Å². The molecule has 24 heavy (non-hydrogen) atoms. The van der Waals surface area contributed by atoms with Gasteiger partial charge in [-0.15, -0.1) is 24.0 Å². The molecule has 0 aliphatic heterocycles. The van der Waals surface area contributed by atoms with Gasteiger partial charge in [0.2, 0.25) is 0 Å². The minimum absolute atomic E-state index is 0. The minimum atomic E-state index is 0. The molecule has 0 saturated carbocycles. The molecule has 0 amide bonds. The zero-order valence-corrected chi connectivity index (χ0v) is 17.3. The number of nitrogens with one attached hydrogen (secondary N) is 2. The molecule has 0 fully saturated rings. The maximum absolute atomic E-state index is 6.17. The number of aryl methyl sites for hydroxylation is 1. The summed E-state index contributed by atoms with van der Waals surface area (Å²) in [5.74, 6) is 0.762. The van der Waals surface area contributed by atoms with Crippen LogP contribution in [-0.4, -0.2) is 24.5 Å². The van der Waals surface area contributed by atoms with Crippen LogP contribution in [0.2, 0.25) is 10.0 Å². The van der Waals surface area contributed by atoms with Gasteiger partial charge in [0, 0.05) is 29.8 Å². The summed E-state index contributed by atoms with van der Waals surface area (Å²) in [4.78, 5) is 8.47. The van der Waals surface area contributed by atoms with E-state index in [2.05, 4.69) is 20.6 Å². The van der Waals surface area contributed by atoms with E-state index in [1.807, 2.05) is 30.3 Å². The van der Waals surface area contributed by atoms with E-state index < -0.39 is 0 Å². The third-order valence-electron chi connectivity index (χ3n) is 3.32. The number of nitrogens with zero attached hydrogens (tertiary/aromatic N) is 2. The summed E-state index contributed by atoms with van der Waals surface area (Å²) in [5.41, 5.74) is 2.08. The first-order valence-corrected chi connectivity index (χ1v) is 8.23. The van der Waals surface area contributed by atoms with Crippen LogP contribution in [0.25, 0.3) is 0 Å². The van der Waals surface area contributed by atoms with Gasteiger partial charge < -0.3 is 10.6 Å². The average molecular weight is 479 g/mol. The van der Waals surface area contributed by atoms with Crippen LogP contribution < -0.4 is 10.6 Å². The SMILES string of the molecule is CN=C(NCCCc1ccc(Cl)cc1Cl)NCc1ccccn1.I. The van der Waals surface area contributed by atoms with Crippen molar-refractivity contribution < 1.29 is 0 Å². The Kier molecular flexibility index (Phi) is 10.1. The molecule has 7 heteroatoms. The topological polar surface area (TPSA) is 49.3 Å². The van der Waals surface area contributed by atoms with E-state index >= 15 is 0 Å². The van der Waals surface area contributed by atoms with Crippen molar-refractivity contribution in [2.45, 2.75) is 19.4 Å². The van der Waals surface area contributed by atoms with Crippen LogP contribution in [0.1, 0.15) is 17.7 Å². The fraction of sp³-hybridized carbons (Fsp3) is 0.294. The summed E-state index contributed by atoms with van der Waals surface area (Å²) in [5, 5.41) is 7.90. The van der Waals surface area contributed by atoms with Crippen molar-refractivity contribution in [2.24, 2.45) is 4.99 Å². The second-order valence-corrected chi connectivity index (χ2v) is 5.86. The first-order chi connectivity index (χ1) is 11.2. The largest absolute Gasteiger partial charge is 0.356 e. The molecule has 0 saturated heterocycles. The molecule has 2 N–H and O–H groups in total. The van der Waals surface area contributed by atoms with Gasteiger partial charge in [-0.3, -0.25) is 9.98 Å². The third kappa shape index (κ3) is 7.23. The minimum Gasteiger partial charge on any atom is -0.356 e. The summed E-state index contributed by atoms with van der Waals surface area (Å²) >= 11 is 12.1. The van der Waals surface area contributed by atoms with Gasteiger partial charge in [0.05, 0.1) is 12.2 Å². The molecule has 0 aliphatic carbocycles. The number of aromatic nitrogens is 1. The monoisotopic (exact) mass is 478 g/mol. The van der Waals surface area contributed by atoms with Crippen molar-refractivity contribution in [2.75, 3.05) is 13.6 Å². The van der Waals surface area contributed by atoms with Crippen LogP contribution in [0.5, 0.6) is 0 Å². The lowest BCUT2D eigenvalue weighted by atomic mass is 10.1. The molecule has 1 heterocycles. The van der Waals surface area contributed by atoms with Gasteiger partial charge in [0.15, 0.2) is 5.96 Å². The van der Waals surface area contributed by atoms with Gasteiger partial charge in [0.25, 0.3) is 0 Å². The highest BCUT2D eigenvalue weighted by Gasteiger charge is 2.02. The maximum Gasteiger partial charge on any atom is 0.191 e. The fourth-order valence-corrected chi connectivity index (χ4v) is 2.61. The van der Waals surface area contributed by atoms with Crippen molar-refractivity contribution in [1.29, 1.82) is 0 Å². The molecule has 130 valence electrons. The summed E-state index contributed by atoms with van der Waals surface area (Å²) in [7, 11) is 1.75. The third-order valence-corrected chi connectivity index (χ3v) is 3.90. The molecule has 2 rings (SSSR count). The highest BCUT2D eigenvalue weighted by Crippen LogP contribution is 2.21. The highest BCUT2D eigenvalue weighted by atomic mass is 127. The van der Waals surface area contributed by atoms with Crippen LogP contribution >= 0.6 is 47.2 Å². The van der Waals surface area contributed by atoms with Crippen molar-refractivity contribution in [3.63, 3.8) is 0 Å². The molecular formula is C17H21Cl2IN4. The molecule has 0 unspecified atom stereocenters. The van der Waals surface area contributed by atoms with Gasteiger partial charge in [-0.1, -0.05) is 35.3 Å². The molecule has 0 bridgehead atoms. The molecular weight excluding hydrogens is 458 g/mol. The van der Waals surface area contributed by atoms with Crippen LogP contribution in [0.3, 0.4) is 0 Å². The first kappa shape index (κ1) is 21.0. The smallest absolute Gasteiger partial charge is 0.191 e. The van der Waals surface area contributed by atoms with Crippen LogP contribution in [0.4, 0.5) is 0 Å². The van der Waals surface area contributed by atoms with Crippen molar-refractivity contribution in [3.05, 3.63) is 63.9 Å². The molecule has 1 aromatic heterocycles. The summed E-state index contributed by atoms with van der Waals surface area (Å²) < 4.78 is 0. The molecule has 2 aromatic rings. The van der Waals surface area contributed by atoms with Crippen molar-refractivity contribution in [1.82, 2.24) is 15.6 Å². The lowest BCUT2D eigenvalue weighted by molar-refractivity contribution is 0.738. The van der Waals surface area contributed by atoms with Crippen LogP contribution in [0.15, 0.2) is 47.6 Å².